The van der Waals surface area contributed by atoms with E-state index >= 15 is 0 Å². The number of unbranched alkanes of at least 4 members (excludes halogenated alkanes) is 1. The number of hydrogen-bond acceptors (Lipinski definition) is 3. The van der Waals surface area contributed by atoms with E-state index in [0.29, 0.717) is 6.42 Å². The van der Waals surface area contributed by atoms with Gasteiger partial charge in [-0.1, -0.05) is 26.7 Å². The Kier molecular flexibility index (Phi) is 8.23. The molecular weight excluding hydrogens is 214 g/mol. The van der Waals surface area contributed by atoms with Crippen molar-refractivity contribution in [2.24, 2.45) is 5.92 Å². The third-order valence-corrected chi connectivity index (χ3v) is 2.31. The van der Waals surface area contributed by atoms with Crippen LogP contribution in [0.15, 0.2) is 0 Å². The van der Waals surface area contributed by atoms with Crippen LogP contribution in [0.1, 0.15) is 60.3 Å². The van der Waals surface area contributed by atoms with Gasteiger partial charge < -0.3 is 10.1 Å². The molecule has 102 valence electrons. The van der Waals surface area contributed by atoms with Crippen LogP contribution in [0.25, 0.3) is 0 Å². The standard InChI is InChI=1S/C14H29NO2/c1-12(2)8-6-7-10-15-11-9-13(16)17-14(3,4)5/h12,15H,6-11H2,1-5H3. The fourth-order valence-corrected chi connectivity index (χ4v) is 1.51. The third-order valence-electron chi connectivity index (χ3n) is 2.31. The topological polar surface area (TPSA) is 38.3 Å². The zero-order chi connectivity index (χ0) is 13.3. The minimum Gasteiger partial charge on any atom is -0.460 e. The summed E-state index contributed by atoms with van der Waals surface area (Å²) < 4.78 is 5.22. The molecule has 0 saturated carbocycles. The highest BCUT2D eigenvalue weighted by Gasteiger charge is 2.15. The van der Waals surface area contributed by atoms with Gasteiger partial charge in [-0.15, -0.1) is 0 Å². The normalized spacial score (nSPS) is 11.9. The largest absolute Gasteiger partial charge is 0.460 e. The molecule has 0 aliphatic carbocycles. The number of esters is 1. The van der Waals surface area contributed by atoms with Crippen LogP contribution < -0.4 is 5.32 Å². The molecule has 3 heteroatoms. The van der Waals surface area contributed by atoms with Gasteiger partial charge in [-0.2, -0.15) is 0 Å². The lowest BCUT2D eigenvalue weighted by molar-refractivity contribution is -0.154. The molecule has 1 N–H and O–H groups in total. The van der Waals surface area contributed by atoms with Gasteiger partial charge in [0.15, 0.2) is 0 Å². The van der Waals surface area contributed by atoms with Crippen molar-refractivity contribution in [2.45, 2.75) is 65.9 Å². The Bertz CT molecular complexity index is 207. The number of hydrogen-bond donors (Lipinski definition) is 1. The molecule has 0 aromatic heterocycles. The first-order valence-corrected chi connectivity index (χ1v) is 6.74. The maximum Gasteiger partial charge on any atom is 0.307 e. The summed E-state index contributed by atoms with van der Waals surface area (Å²) in [5.74, 6) is 0.670. The third kappa shape index (κ3) is 13.4. The van der Waals surface area contributed by atoms with Gasteiger partial charge in [0, 0.05) is 6.54 Å². The lowest BCUT2D eigenvalue weighted by atomic mass is 10.1. The fraction of sp³-hybridized carbons (Fsp3) is 0.929. The van der Waals surface area contributed by atoms with Gasteiger partial charge in [0.25, 0.3) is 0 Å². The average Bonchev–Trinajstić information content (AvgIpc) is 2.12. The van der Waals surface area contributed by atoms with E-state index in [2.05, 4.69) is 19.2 Å². The summed E-state index contributed by atoms with van der Waals surface area (Å²) >= 11 is 0. The molecule has 0 rings (SSSR count). The second kappa shape index (κ2) is 8.51. The van der Waals surface area contributed by atoms with Crippen molar-refractivity contribution in [3.05, 3.63) is 0 Å². The molecule has 0 aliphatic heterocycles. The molecule has 0 aromatic rings. The van der Waals surface area contributed by atoms with Crippen LogP contribution in [0.2, 0.25) is 0 Å². The van der Waals surface area contributed by atoms with E-state index in [1.807, 2.05) is 20.8 Å². The quantitative estimate of drug-likeness (QED) is 0.526. The molecule has 0 heterocycles. The van der Waals surface area contributed by atoms with Gasteiger partial charge in [-0.3, -0.25) is 4.79 Å². The van der Waals surface area contributed by atoms with E-state index in [0.717, 1.165) is 19.0 Å². The SMILES string of the molecule is CC(C)CCCCNCCC(=O)OC(C)(C)C. The highest BCUT2D eigenvalue weighted by atomic mass is 16.6. The van der Waals surface area contributed by atoms with Crippen LogP contribution in [0.5, 0.6) is 0 Å². The number of ether oxygens (including phenoxy) is 1. The zero-order valence-electron chi connectivity index (χ0n) is 12.1. The molecule has 0 amide bonds. The predicted molar refractivity (Wildman–Crippen MR) is 72.0 cm³/mol. The minimum atomic E-state index is -0.367. The summed E-state index contributed by atoms with van der Waals surface area (Å²) in [5, 5.41) is 3.27. The summed E-state index contributed by atoms with van der Waals surface area (Å²) in [5.41, 5.74) is -0.367. The van der Waals surface area contributed by atoms with E-state index in [4.69, 9.17) is 4.74 Å². The van der Waals surface area contributed by atoms with Crippen molar-refractivity contribution in [3.63, 3.8) is 0 Å². The monoisotopic (exact) mass is 243 g/mol. The van der Waals surface area contributed by atoms with Crippen LogP contribution in [-0.2, 0) is 9.53 Å². The van der Waals surface area contributed by atoms with Crippen molar-refractivity contribution in [2.75, 3.05) is 13.1 Å². The van der Waals surface area contributed by atoms with Gasteiger partial charge in [0.05, 0.1) is 6.42 Å². The molecule has 0 aromatic carbocycles. The van der Waals surface area contributed by atoms with E-state index in [1.54, 1.807) is 0 Å². The smallest absolute Gasteiger partial charge is 0.307 e. The van der Waals surface area contributed by atoms with E-state index < -0.39 is 0 Å². The van der Waals surface area contributed by atoms with Gasteiger partial charge in [0.1, 0.15) is 5.60 Å². The van der Waals surface area contributed by atoms with Crippen LogP contribution in [0.3, 0.4) is 0 Å². The highest BCUT2D eigenvalue weighted by molar-refractivity contribution is 5.70. The molecule has 0 unspecified atom stereocenters. The molecule has 3 nitrogen and oxygen atoms in total. The molecule has 0 saturated heterocycles. The Morgan fingerprint density at radius 3 is 2.35 bits per heavy atom. The summed E-state index contributed by atoms with van der Waals surface area (Å²) in [6.45, 7) is 11.9. The molecule has 0 bridgehead atoms. The highest BCUT2D eigenvalue weighted by Crippen LogP contribution is 2.08. The Hall–Kier alpha value is -0.570. The lowest BCUT2D eigenvalue weighted by Gasteiger charge is -2.19. The first-order valence-electron chi connectivity index (χ1n) is 6.74. The van der Waals surface area contributed by atoms with E-state index in [-0.39, 0.29) is 11.6 Å². The summed E-state index contributed by atoms with van der Waals surface area (Å²) in [4.78, 5) is 11.4. The van der Waals surface area contributed by atoms with Gasteiger partial charge in [-0.25, -0.2) is 0 Å². The molecular formula is C14H29NO2. The number of carbonyl (C=O) groups excluding carboxylic acids is 1. The molecule has 0 aliphatic rings. The molecule has 0 radical (unpaired) electrons. The average molecular weight is 243 g/mol. The van der Waals surface area contributed by atoms with Gasteiger partial charge in [0.2, 0.25) is 0 Å². The maximum absolute atomic E-state index is 11.4. The summed E-state index contributed by atoms with van der Waals surface area (Å²) in [6.07, 6.45) is 4.19. The fourth-order valence-electron chi connectivity index (χ4n) is 1.51. The van der Waals surface area contributed by atoms with Gasteiger partial charge >= 0.3 is 5.97 Å². The molecule has 0 fully saturated rings. The summed E-state index contributed by atoms with van der Waals surface area (Å²) in [6, 6.07) is 0. The molecule has 17 heavy (non-hydrogen) atoms. The first-order chi connectivity index (χ1) is 7.81. The van der Waals surface area contributed by atoms with Crippen molar-refractivity contribution >= 4 is 5.97 Å². The number of rotatable bonds is 8. The zero-order valence-corrected chi connectivity index (χ0v) is 12.1. The second-order valence-electron chi connectivity index (χ2n) is 5.98. The molecule has 0 spiro atoms. The Morgan fingerprint density at radius 2 is 1.82 bits per heavy atom. The Labute approximate surface area is 106 Å². The predicted octanol–water partition coefficient (Wildman–Crippen LogP) is 3.13. The van der Waals surface area contributed by atoms with Gasteiger partial charge in [-0.05, 0) is 39.7 Å². The van der Waals surface area contributed by atoms with Crippen molar-refractivity contribution < 1.29 is 9.53 Å². The first kappa shape index (κ1) is 16.4. The van der Waals surface area contributed by atoms with E-state index in [1.165, 1.54) is 19.3 Å². The lowest BCUT2D eigenvalue weighted by Crippen LogP contribution is -2.27. The minimum absolute atomic E-state index is 0.118. The Morgan fingerprint density at radius 1 is 1.18 bits per heavy atom. The van der Waals surface area contributed by atoms with Crippen molar-refractivity contribution in [1.82, 2.24) is 5.32 Å². The van der Waals surface area contributed by atoms with Crippen molar-refractivity contribution in [3.8, 4) is 0 Å². The number of nitrogens with one attached hydrogen (secondary N) is 1. The van der Waals surface area contributed by atoms with Crippen LogP contribution >= 0.6 is 0 Å². The van der Waals surface area contributed by atoms with Crippen LogP contribution in [-0.4, -0.2) is 24.7 Å². The van der Waals surface area contributed by atoms with Crippen LogP contribution in [0.4, 0.5) is 0 Å². The number of carbonyl (C=O) groups is 1. The molecule has 0 atom stereocenters. The maximum atomic E-state index is 11.4. The van der Waals surface area contributed by atoms with Crippen molar-refractivity contribution in [1.29, 1.82) is 0 Å². The Balaban J connectivity index is 3.31. The van der Waals surface area contributed by atoms with E-state index in [9.17, 15) is 4.79 Å². The summed E-state index contributed by atoms with van der Waals surface area (Å²) in [7, 11) is 0. The van der Waals surface area contributed by atoms with Crippen LogP contribution in [0, 0.1) is 5.92 Å². The second-order valence-corrected chi connectivity index (χ2v) is 5.98.